The molecule has 6 heteroatoms. The highest BCUT2D eigenvalue weighted by molar-refractivity contribution is 6.04. The van der Waals surface area contributed by atoms with Crippen LogP contribution in [0.3, 0.4) is 0 Å². The standard InChI is InChI=1S/2C10H7N3/c2*1-2-4-8-7(3-1)5-6-9-10(8)12-13-11-9/h2*1-6H,(H,11,12,13). The quantitative estimate of drug-likeness (QED) is 0.434. The van der Waals surface area contributed by atoms with E-state index in [0.717, 1.165) is 32.8 Å². The second-order valence-electron chi connectivity index (χ2n) is 5.96. The molecule has 4 aromatic carbocycles. The molecule has 0 aliphatic heterocycles. The molecule has 0 amide bonds. The van der Waals surface area contributed by atoms with Gasteiger partial charge in [-0.2, -0.15) is 30.8 Å². The van der Waals surface area contributed by atoms with E-state index in [1.165, 1.54) is 10.8 Å². The second kappa shape index (κ2) is 5.93. The molecule has 0 spiro atoms. The number of hydrogen-bond donors (Lipinski definition) is 2. The molecule has 0 radical (unpaired) electrons. The van der Waals surface area contributed by atoms with E-state index in [0.29, 0.717) is 0 Å². The summed E-state index contributed by atoms with van der Waals surface area (Å²) in [6.07, 6.45) is 0. The number of nitrogens with zero attached hydrogens (tertiary/aromatic N) is 4. The molecular formula is C20H14N6. The van der Waals surface area contributed by atoms with Crippen LogP contribution in [0.2, 0.25) is 0 Å². The van der Waals surface area contributed by atoms with Crippen molar-refractivity contribution in [3.63, 3.8) is 0 Å². The van der Waals surface area contributed by atoms with Crippen molar-refractivity contribution < 1.29 is 0 Å². The summed E-state index contributed by atoms with van der Waals surface area (Å²) in [5.41, 5.74) is 3.72. The molecule has 0 fully saturated rings. The zero-order valence-electron chi connectivity index (χ0n) is 13.7. The van der Waals surface area contributed by atoms with Gasteiger partial charge in [0.25, 0.3) is 0 Å². The number of fused-ring (bicyclic) bond motifs is 6. The van der Waals surface area contributed by atoms with E-state index < -0.39 is 0 Å². The van der Waals surface area contributed by atoms with Gasteiger partial charge in [0, 0.05) is 10.8 Å². The second-order valence-corrected chi connectivity index (χ2v) is 5.96. The van der Waals surface area contributed by atoms with Gasteiger partial charge in [0.2, 0.25) is 0 Å². The van der Waals surface area contributed by atoms with Crippen LogP contribution in [0.1, 0.15) is 0 Å². The molecule has 0 aliphatic rings. The fourth-order valence-electron chi connectivity index (χ4n) is 3.16. The topological polar surface area (TPSA) is 83.1 Å². The number of H-pyrrole nitrogens is 2. The van der Waals surface area contributed by atoms with E-state index in [-0.39, 0.29) is 0 Å². The van der Waals surface area contributed by atoms with Crippen LogP contribution in [0.5, 0.6) is 0 Å². The van der Waals surface area contributed by atoms with Crippen molar-refractivity contribution in [1.29, 1.82) is 0 Å². The largest absolute Gasteiger partial charge is 0.197 e. The molecule has 0 atom stereocenters. The summed E-state index contributed by atoms with van der Waals surface area (Å²) in [5, 5.41) is 26.2. The summed E-state index contributed by atoms with van der Waals surface area (Å²) in [7, 11) is 0. The maximum atomic E-state index is 4.11. The zero-order chi connectivity index (χ0) is 17.3. The number of aromatic amines is 2. The van der Waals surface area contributed by atoms with E-state index in [1.807, 2.05) is 36.4 Å². The summed E-state index contributed by atoms with van der Waals surface area (Å²) in [6.45, 7) is 0. The Labute approximate surface area is 147 Å². The predicted octanol–water partition coefficient (Wildman–Crippen LogP) is 4.22. The van der Waals surface area contributed by atoms with Crippen LogP contribution in [0.15, 0.2) is 72.8 Å². The molecule has 0 saturated carbocycles. The van der Waals surface area contributed by atoms with Gasteiger partial charge >= 0.3 is 0 Å². The first-order valence-electron chi connectivity index (χ1n) is 8.26. The maximum Gasteiger partial charge on any atom is 0.120 e. The van der Waals surface area contributed by atoms with Crippen molar-refractivity contribution in [2.45, 2.75) is 0 Å². The van der Waals surface area contributed by atoms with Crippen LogP contribution >= 0.6 is 0 Å². The normalized spacial score (nSPS) is 11.1. The Balaban J connectivity index is 0.000000115. The van der Waals surface area contributed by atoms with Crippen molar-refractivity contribution in [1.82, 2.24) is 30.8 Å². The lowest BCUT2D eigenvalue weighted by Gasteiger charge is -1.95. The van der Waals surface area contributed by atoms with Crippen molar-refractivity contribution in [3.05, 3.63) is 72.8 Å². The average Bonchev–Trinajstić information content (AvgIpc) is 3.38. The Hall–Kier alpha value is -3.80. The molecule has 6 rings (SSSR count). The molecule has 0 saturated heterocycles. The van der Waals surface area contributed by atoms with Gasteiger partial charge in [-0.05, 0) is 22.9 Å². The highest BCUT2D eigenvalue weighted by atomic mass is 15.3. The molecule has 0 aliphatic carbocycles. The first kappa shape index (κ1) is 14.5. The maximum absolute atomic E-state index is 4.11. The molecule has 6 aromatic rings. The van der Waals surface area contributed by atoms with Gasteiger partial charge in [0.1, 0.15) is 22.1 Å². The number of nitrogens with one attached hydrogen (secondary N) is 2. The molecule has 0 bridgehead atoms. The van der Waals surface area contributed by atoms with Gasteiger partial charge in [0.15, 0.2) is 0 Å². The highest BCUT2D eigenvalue weighted by Gasteiger charge is 2.02. The number of hydrogen-bond acceptors (Lipinski definition) is 4. The fraction of sp³-hybridized carbons (Fsp3) is 0. The van der Waals surface area contributed by atoms with Crippen LogP contribution < -0.4 is 0 Å². The molecular weight excluding hydrogens is 324 g/mol. The Bertz CT molecular complexity index is 1240. The smallest absolute Gasteiger partial charge is 0.120 e. The SMILES string of the molecule is c1ccc2c(c1)ccc1n[nH]nc12.c1ccc2c(c1)ccc1n[nH]nc12. The van der Waals surface area contributed by atoms with Gasteiger partial charge in [0.05, 0.1) is 0 Å². The van der Waals surface area contributed by atoms with Crippen molar-refractivity contribution in [2.75, 3.05) is 0 Å². The van der Waals surface area contributed by atoms with E-state index in [1.54, 1.807) is 0 Å². The predicted molar refractivity (Wildman–Crippen MR) is 103 cm³/mol. The minimum Gasteiger partial charge on any atom is -0.197 e. The monoisotopic (exact) mass is 338 g/mol. The minimum absolute atomic E-state index is 0.915. The Morgan fingerprint density at radius 2 is 0.923 bits per heavy atom. The molecule has 6 nitrogen and oxygen atoms in total. The highest BCUT2D eigenvalue weighted by Crippen LogP contribution is 2.22. The number of rotatable bonds is 0. The number of aromatic nitrogens is 6. The van der Waals surface area contributed by atoms with Crippen LogP contribution in [0, 0.1) is 0 Å². The third-order valence-corrected chi connectivity index (χ3v) is 4.42. The summed E-state index contributed by atoms with van der Waals surface area (Å²) in [5.74, 6) is 0. The molecule has 2 N–H and O–H groups in total. The van der Waals surface area contributed by atoms with Crippen molar-refractivity contribution >= 4 is 43.6 Å². The van der Waals surface area contributed by atoms with Gasteiger partial charge in [-0.3, -0.25) is 0 Å². The van der Waals surface area contributed by atoms with Crippen molar-refractivity contribution in [2.24, 2.45) is 0 Å². The van der Waals surface area contributed by atoms with E-state index >= 15 is 0 Å². The minimum atomic E-state index is 0.915. The van der Waals surface area contributed by atoms with Gasteiger partial charge < -0.3 is 0 Å². The summed E-state index contributed by atoms with van der Waals surface area (Å²) >= 11 is 0. The van der Waals surface area contributed by atoms with E-state index in [9.17, 15) is 0 Å². The Kier molecular flexibility index (Phi) is 3.31. The number of benzene rings is 4. The van der Waals surface area contributed by atoms with E-state index in [2.05, 4.69) is 67.2 Å². The lowest BCUT2D eigenvalue weighted by atomic mass is 10.1. The van der Waals surface area contributed by atoms with Crippen LogP contribution in [0.25, 0.3) is 43.6 Å². The third kappa shape index (κ3) is 2.36. The van der Waals surface area contributed by atoms with Crippen molar-refractivity contribution in [3.8, 4) is 0 Å². The van der Waals surface area contributed by atoms with E-state index in [4.69, 9.17) is 0 Å². The molecule has 26 heavy (non-hydrogen) atoms. The van der Waals surface area contributed by atoms with Gasteiger partial charge in [-0.25, -0.2) is 0 Å². The summed E-state index contributed by atoms with van der Waals surface area (Å²) < 4.78 is 0. The zero-order valence-corrected chi connectivity index (χ0v) is 13.7. The van der Waals surface area contributed by atoms with Crippen LogP contribution in [0.4, 0.5) is 0 Å². The fourth-order valence-corrected chi connectivity index (χ4v) is 3.16. The lowest BCUT2D eigenvalue weighted by molar-refractivity contribution is 0.960. The van der Waals surface area contributed by atoms with Crippen LogP contribution in [-0.2, 0) is 0 Å². The molecule has 124 valence electrons. The summed E-state index contributed by atoms with van der Waals surface area (Å²) in [4.78, 5) is 0. The average molecular weight is 338 g/mol. The first-order chi connectivity index (χ1) is 12.9. The Morgan fingerprint density at radius 3 is 1.42 bits per heavy atom. The molecule has 0 unspecified atom stereocenters. The van der Waals surface area contributed by atoms with Gasteiger partial charge in [-0.1, -0.05) is 60.7 Å². The molecule has 2 aromatic heterocycles. The summed E-state index contributed by atoms with van der Waals surface area (Å²) in [6, 6.07) is 24.4. The Morgan fingerprint density at radius 1 is 0.462 bits per heavy atom. The van der Waals surface area contributed by atoms with Crippen LogP contribution in [-0.4, -0.2) is 30.8 Å². The third-order valence-electron chi connectivity index (χ3n) is 4.42. The lowest BCUT2D eigenvalue weighted by Crippen LogP contribution is -1.74. The van der Waals surface area contributed by atoms with Gasteiger partial charge in [-0.15, -0.1) is 0 Å². The first-order valence-corrected chi connectivity index (χ1v) is 8.26. The molecule has 2 heterocycles.